The molecule has 2 rings (SSSR count). The number of hydrogen-bond acceptors (Lipinski definition) is 4. The smallest absolute Gasteiger partial charge is 0.115 e. The first-order valence-corrected chi connectivity index (χ1v) is 6.27. The number of benzene rings is 1. The normalized spacial score (nSPS) is 10.6. The third-order valence-electron chi connectivity index (χ3n) is 2.83. The number of aromatic nitrogens is 2. The molecule has 1 aromatic heterocycles. The van der Waals surface area contributed by atoms with Crippen molar-refractivity contribution in [2.75, 3.05) is 0 Å². The minimum absolute atomic E-state index is 1.01. The highest BCUT2D eigenvalue weighted by Crippen LogP contribution is 2.29. The van der Waals surface area contributed by atoms with Gasteiger partial charge in [-0.3, -0.25) is 5.14 Å². The maximum absolute atomic E-state index is 5.56. The summed E-state index contributed by atoms with van der Waals surface area (Å²) in [6, 6.07) is 6.20. The van der Waals surface area contributed by atoms with Crippen LogP contribution in [0.4, 0.5) is 0 Å². The van der Waals surface area contributed by atoms with Crippen LogP contribution in [0.3, 0.4) is 0 Å². The molecule has 0 radical (unpaired) electrons. The van der Waals surface area contributed by atoms with Gasteiger partial charge in [0, 0.05) is 21.8 Å². The molecule has 88 valence electrons. The summed E-state index contributed by atoms with van der Waals surface area (Å²) in [5.41, 5.74) is 5.51. The Morgan fingerprint density at radius 3 is 2.24 bits per heavy atom. The molecule has 0 aliphatic heterocycles. The van der Waals surface area contributed by atoms with E-state index in [4.69, 9.17) is 5.14 Å². The van der Waals surface area contributed by atoms with Crippen LogP contribution in [0, 0.1) is 20.8 Å². The third-order valence-corrected chi connectivity index (χ3v) is 3.36. The summed E-state index contributed by atoms with van der Waals surface area (Å²) in [6.07, 6.45) is 1.60. The quantitative estimate of drug-likeness (QED) is 0.826. The lowest BCUT2D eigenvalue weighted by Crippen LogP contribution is -1.96. The van der Waals surface area contributed by atoms with Crippen LogP contribution in [0.15, 0.2) is 29.4 Å². The summed E-state index contributed by atoms with van der Waals surface area (Å²) in [5, 5.41) is 5.56. The molecule has 0 amide bonds. The average Bonchev–Trinajstić information content (AvgIpc) is 2.30. The van der Waals surface area contributed by atoms with Gasteiger partial charge in [0.1, 0.15) is 6.33 Å². The fraction of sp³-hybridized carbons (Fsp3) is 0.231. The van der Waals surface area contributed by atoms with Crippen LogP contribution in [0.1, 0.15) is 17.0 Å². The Kier molecular flexibility index (Phi) is 3.45. The highest BCUT2D eigenvalue weighted by Gasteiger charge is 2.10. The molecule has 0 saturated heterocycles. The molecule has 3 nitrogen and oxygen atoms in total. The number of hydrogen-bond donors (Lipinski definition) is 1. The van der Waals surface area contributed by atoms with Crippen LogP contribution >= 0.6 is 11.9 Å². The molecule has 4 heteroatoms. The fourth-order valence-corrected chi connectivity index (χ4v) is 2.36. The molecule has 0 atom stereocenters. The van der Waals surface area contributed by atoms with E-state index in [1.807, 2.05) is 19.9 Å². The van der Waals surface area contributed by atoms with E-state index < -0.39 is 0 Å². The molecule has 0 saturated carbocycles. The monoisotopic (exact) mass is 245 g/mol. The highest BCUT2D eigenvalue weighted by atomic mass is 32.2. The number of nitrogens with two attached hydrogens (primary N) is 1. The molecule has 1 aromatic carbocycles. The van der Waals surface area contributed by atoms with Gasteiger partial charge in [-0.1, -0.05) is 6.07 Å². The summed E-state index contributed by atoms with van der Waals surface area (Å²) in [6.45, 7) is 6.10. The third kappa shape index (κ3) is 2.33. The van der Waals surface area contributed by atoms with Crippen molar-refractivity contribution in [3.05, 3.63) is 41.5 Å². The van der Waals surface area contributed by atoms with Crippen LogP contribution in [-0.4, -0.2) is 9.97 Å². The van der Waals surface area contributed by atoms with Crippen LogP contribution < -0.4 is 5.14 Å². The Hall–Kier alpha value is -1.39. The van der Waals surface area contributed by atoms with Crippen molar-refractivity contribution >= 4 is 11.9 Å². The lowest BCUT2D eigenvalue weighted by atomic mass is 9.98. The van der Waals surface area contributed by atoms with Gasteiger partial charge in [0.25, 0.3) is 0 Å². The van der Waals surface area contributed by atoms with E-state index in [9.17, 15) is 0 Å². The molecule has 0 unspecified atom stereocenters. The van der Waals surface area contributed by atoms with E-state index in [1.165, 1.54) is 23.1 Å². The van der Waals surface area contributed by atoms with Crippen molar-refractivity contribution in [3.8, 4) is 11.1 Å². The van der Waals surface area contributed by atoms with Crippen LogP contribution in [-0.2, 0) is 0 Å². The standard InChI is InChI=1S/C13H15N3S/c1-8-6-11(17-14)4-5-12(8)13-9(2)15-7-16-10(13)3/h4-7H,14H2,1-3H3. The van der Waals surface area contributed by atoms with E-state index in [2.05, 4.69) is 29.0 Å². The summed E-state index contributed by atoms with van der Waals surface area (Å²) < 4.78 is 0. The largest absolute Gasteiger partial charge is 0.274 e. The minimum atomic E-state index is 1.01. The first-order valence-electron chi connectivity index (χ1n) is 5.39. The van der Waals surface area contributed by atoms with Gasteiger partial charge in [0.15, 0.2) is 0 Å². The maximum Gasteiger partial charge on any atom is 0.115 e. The number of nitrogens with zero attached hydrogens (tertiary/aromatic N) is 2. The Morgan fingerprint density at radius 2 is 1.71 bits per heavy atom. The first-order chi connectivity index (χ1) is 8.13. The number of aryl methyl sites for hydroxylation is 3. The Labute approximate surface area is 106 Å². The lowest BCUT2D eigenvalue weighted by molar-refractivity contribution is 1.06. The van der Waals surface area contributed by atoms with Crippen molar-refractivity contribution in [2.24, 2.45) is 5.14 Å². The van der Waals surface area contributed by atoms with Crippen molar-refractivity contribution in [3.63, 3.8) is 0 Å². The Balaban J connectivity index is 2.61. The van der Waals surface area contributed by atoms with Crippen molar-refractivity contribution in [2.45, 2.75) is 25.7 Å². The predicted molar refractivity (Wildman–Crippen MR) is 71.7 cm³/mol. The SMILES string of the molecule is Cc1cc(SN)ccc1-c1c(C)ncnc1C. The molecular weight excluding hydrogens is 230 g/mol. The minimum Gasteiger partial charge on any atom is -0.274 e. The van der Waals surface area contributed by atoms with Gasteiger partial charge in [0.05, 0.1) is 0 Å². The molecule has 0 aliphatic rings. The average molecular weight is 245 g/mol. The summed E-state index contributed by atoms with van der Waals surface area (Å²) in [5.74, 6) is 0. The highest BCUT2D eigenvalue weighted by molar-refractivity contribution is 7.97. The second-order valence-electron chi connectivity index (χ2n) is 4.01. The molecule has 0 fully saturated rings. The molecule has 2 N–H and O–H groups in total. The zero-order chi connectivity index (χ0) is 12.4. The van der Waals surface area contributed by atoms with Gasteiger partial charge in [-0.15, -0.1) is 0 Å². The van der Waals surface area contributed by atoms with E-state index >= 15 is 0 Å². The maximum atomic E-state index is 5.56. The molecule has 0 spiro atoms. The van der Waals surface area contributed by atoms with Crippen molar-refractivity contribution < 1.29 is 0 Å². The van der Waals surface area contributed by atoms with E-state index in [0.717, 1.165) is 21.8 Å². The van der Waals surface area contributed by atoms with Crippen molar-refractivity contribution in [1.29, 1.82) is 0 Å². The zero-order valence-electron chi connectivity index (χ0n) is 10.2. The lowest BCUT2D eigenvalue weighted by Gasteiger charge is -2.11. The molecule has 2 aromatic rings. The summed E-state index contributed by atoms with van der Waals surface area (Å²) in [7, 11) is 0. The van der Waals surface area contributed by atoms with Gasteiger partial charge in [-0.05, 0) is 56.0 Å². The number of rotatable bonds is 2. The molecule has 17 heavy (non-hydrogen) atoms. The van der Waals surface area contributed by atoms with Crippen LogP contribution in [0.5, 0.6) is 0 Å². The Morgan fingerprint density at radius 1 is 1.06 bits per heavy atom. The van der Waals surface area contributed by atoms with Gasteiger partial charge in [-0.25, -0.2) is 9.97 Å². The molecule has 0 aliphatic carbocycles. The zero-order valence-corrected chi connectivity index (χ0v) is 11.0. The van der Waals surface area contributed by atoms with Crippen LogP contribution in [0.25, 0.3) is 11.1 Å². The summed E-state index contributed by atoms with van der Waals surface area (Å²) >= 11 is 1.26. The molecule has 0 bridgehead atoms. The fourth-order valence-electron chi connectivity index (χ4n) is 1.97. The van der Waals surface area contributed by atoms with E-state index in [-0.39, 0.29) is 0 Å². The van der Waals surface area contributed by atoms with E-state index in [1.54, 1.807) is 6.33 Å². The predicted octanol–water partition coefficient (Wildman–Crippen LogP) is 3.03. The second kappa shape index (κ2) is 4.85. The van der Waals surface area contributed by atoms with Gasteiger partial charge in [-0.2, -0.15) is 0 Å². The van der Waals surface area contributed by atoms with Gasteiger partial charge >= 0.3 is 0 Å². The van der Waals surface area contributed by atoms with Crippen LogP contribution in [0.2, 0.25) is 0 Å². The molecular formula is C13H15N3S. The first kappa shape index (κ1) is 12.1. The molecule has 1 heterocycles. The van der Waals surface area contributed by atoms with Crippen molar-refractivity contribution in [1.82, 2.24) is 9.97 Å². The summed E-state index contributed by atoms with van der Waals surface area (Å²) in [4.78, 5) is 9.59. The topological polar surface area (TPSA) is 51.8 Å². The second-order valence-corrected chi connectivity index (χ2v) is 4.72. The van der Waals surface area contributed by atoms with Gasteiger partial charge in [0.2, 0.25) is 0 Å². The van der Waals surface area contributed by atoms with Gasteiger partial charge < -0.3 is 0 Å². The Bertz CT molecular complexity index is 532. The van der Waals surface area contributed by atoms with E-state index in [0.29, 0.717) is 0 Å².